The van der Waals surface area contributed by atoms with Crippen molar-refractivity contribution in [2.45, 2.75) is 0 Å². The van der Waals surface area contributed by atoms with E-state index in [1.165, 1.54) is 0 Å². The van der Waals surface area contributed by atoms with Crippen LogP contribution in [0.5, 0.6) is 0 Å². The highest BCUT2D eigenvalue weighted by atomic mass is 15.3. The lowest BCUT2D eigenvalue weighted by atomic mass is 10.3. The third kappa shape index (κ3) is 2.06. The molecule has 0 bridgehead atoms. The number of hydrogen-bond acceptors (Lipinski definition) is 3. The summed E-state index contributed by atoms with van der Waals surface area (Å²) in [6, 6.07) is 0. The zero-order chi connectivity index (χ0) is 8.93. The maximum Gasteiger partial charge on any atom is 0.129 e. The maximum absolute atomic E-state index is 4.35. The topological polar surface area (TPSA) is 27.6 Å². The van der Waals surface area contributed by atoms with Crippen LogP contribution in [0.1, 0.15) is 0 Å². The molecule has 3 nitrogen and oxygen atoms in total. The van der Waals surface area contributed by atoms with Gasteiger partial charge in [0.05, 0.1) is 6.67 Å². The number of hydrogen-bond donors (Lipinski definition) is 1. The Morgan fingerprint density at radius 3 is 3.00 bits per heavy atom. The Kier molecular flexibility index (Phi) is 2.57. The molecule has 1 fully saturated rings. The standard InChI is InChI=1S/C10H13N3/c1-2-4-6-12-10(5-3-1)13-8-7-11-9-13/h1-6,11H,7-9H2. The Labute approximate surface area is 78.1 Å². The van der Waals surface area contributed by atoms with E-state index in [2.05, 4.69) is 15.2 Å². The summed E-state index contributed by atoms with van der Waals surface area (Å²) in [4.78, 5) is 6.57. The minimum Gasteiger partial charge on any atom is -0.343 e. The fraction of sp³-hybridized carbons (Fsp3) is 0.300. The number of nitrogens with zero attached hydrogens (tertiary/aromatic N) is 2. The van der Waals surface area contributed by atoms with Gasteiger partial charge in [0.1, 0.15) is 5.84 Å². The monoisotopic (exact) mass is 175 g/mol. The minimum atomic E-state index is 0.903. The van der Waals surface area contributed by atoms with Crippen LogP contribution >= 0.6 is 0 Å². The Morgan fingerprint density at radius 1 is 1.23 bits per heavy atom. The van der Waals surface area contributed by atoms with E-state index < -0.39 is 0 Å². The van der Waals surface area contributed by atoms with Crippen LogP contribution in [0.3, 0.4) is 0 Å². The van der Waals surface area contributed by atoms with Crippen LogP contribution in [0, 0.1) is 0 Å². The molecule has 2 aliphatic heterocycles. The zero-order valence-electron chi connectivity index (χ0n) is 7.48. The molecule has 0 radical (unpaired) electrons. The van der Waals surface area contributed by atoms with Crippen molar-refractivity contribution in [2.24, 2.45) is 4.99 Å². The molecular formula is C10H13N3. The third-order valence-electron chi connectivity index (χ3n) is 2.06. The molecule has 0 atom stereocenters. The van der Waals surface area contributed by atoms with Gasteiger partial charge in [-0.05, 0) is 12.2 Å². The van der Waals surface area contributed by atoms with E-state index >= 15 is 0 Å². The van der Waals surface area contributed by atoms with Gasteiger partial charge in [0.2, 0.25) is 0 Å². The molecule has 2 rings (SSSR count). The first-order valence-corrected chi connectivity index (χ1v) is 4.50. The summed E-state index contributed by atoms with van der Waals surface area (Å²) in [5, 5.41) is 3.27. The lowest BCUT2D eigenvalue weighted by Gasteiger charge is -2.15. The van der Waals surface area contributed by atoms with Gasteiger partial charge < -0.3 is 4.90 Å². The van der Waals surface area contributed by atoms with Crippen LogP contribution in [0.2, 0.25) is 0 Å². The van der Waals surface area contributed by atoms with Gasteiger partial charge in [-0.2, -0.15) is 0 Å². The van der Waals surface area contributed by atoms with Crippen LogP contribution in [0.25, 0.3) is 0 Å². The summed E-state index contributed by atoms with van der Waals surface area (Å²) in [5.74, 6) is 1.03. The average Bonchev–Trinajstić information content (AvgIpc) is 2.55. The first-order chi connectivity index (χ1) is 6.47. The molecule has 2 aliphatic rings. The molecule has 0 spiro atoms. The van der Waals surface area contributed by atoms with Crippen molar-refractivity contribution >= 4 is 5.84 Å². The molecular weight excluding hydrogens is 162 g/mol. The van der Waals surface area contributed by atoms with Crippen LogP contribution < -0.4 is 5.32 Å². The van der Waals surface area contributed by atoms with Gasteiger partial charge in [-0.1, -0.05) is 18.2 Å². The molecule has 0 amide bonds. The molecule has 1 N–H and O–H groups in total. The minimum absolute atomic E-state index is 0.903. The first kappa shape index (κ1) is 8.26. The molecule has 0 saturated carbocycles. The van der Waals surface area contributed by atoms with Gasteiger partial charge in [0.25, 0.3) is 0 Å². The normalized spacial score (nSPS) is 21.5. The van der Waals surface area contributed by atoms with E-state index in [0.717, 1.165) is 25.6 Å². The van der Waals surface area contributed by atoms with Crippen molar-refractivity contribution in [1.82, 2.24) is 10.2 Å². The molecule has 68 valence electrons. The second kappa shape index (κ2) is 4.05. The second-order valence-corrected chi connectivity index (χ2v) is 2.99. The van der Waals surface area contributed by atoms with Crippen molar-refractivity contribution in [3.05, 3.63) is 36.6 Å². The summed E-state index contributed by atoms with van der Waals surface area (Å²) in [5.41, 5.74) is 0. The number of nitrogens with one attached hydrogen (secondary N) is 1. The first-order valence-electron chi connectivity index (χ1n) is 4.50. The van der Waals surface area contributed by atoms with Crippen molar-refractivity contribution in [3.63, 3.8) is 0 Å². The summed E-state index contributed by atoms with van der Waals surface area (Å²) in [7, 11) is 0. The van der Waals surface area contributed by atoms with Gasteiger partial charge in [-0.3, -0.25) is 5.32 Å². The highest BCUT2D eigenvalue weighted by Crippen LogP contribution is 2.00. The average molecular weight is 175 g/mol. The number of amidine groups is 1. The van der Waals surface area contributed by atoms with Crippen molar-refractivity contribution in [1.29, 1.82) is 0 Å². The molecule has 0 aromatic carbocycles. The van der Waals surface area contributed by atoms with Gasteiger partial charge >= 0.3 is 0 Å². The van der Waals surface area contributed by atoms with E-state index in [1.54, 1.807) is 0 Å². The van der Waals surface area contributed by atoms with Crippen molar-refractivity contribution in [2.75, 3.05) is 19.8 Å². The van der Waals surface area contributed by atoms with E-state index in [0.29, 0.717) is 0 Å². The predicted octanol–water partition coefficient (Wildman–Crippen LogP) is 0.887. The molecule has 0 aromatic heterocycles. The molecule has 13 heavy (non-hydrogen) atoms. The molecule has 3 heteroatoms. The predicted molar refractivity (Wildman–Crippen MR) is 54.4 cm³/mol. The highest BCUT2D eigenvalue weighted by Gasteiger charge is 2.12. The van der Waals surface area contributed by atoms with Crippen LogP contribution in [-0.2, 0) is 0 Å². The van der Waals surface area contributed by atoms with E-state index in [9.17, 15) is 0 Å². The lowest BCUT2D eigenvalue weighted by Crippen LogP contribution is -2.28. The quantitative estimate of drug-likeness (QED) is 0.592. The summed E-state index contributed by atoms with van der Waals surface area (Å²) >= 11 is 0. The highest BCUT2D eigenvalue weighted by molar-refractivity contribution is 5.93. The van der Waals surface area contributed by atoms with Gasteiger partial charge in [-0.15, -0.1) is 0 Å². The number of allylic oxidation sites excluding steroid dienone is 4. The fourth-order valence-electron chi connectivity index (χ4n) is 1.37. The third-order valence-corrected chi connectivity index (χ3v) is 2.06. The van der Waals surface area contributed by atoms with Crippen LogP contribution in [0.15, 0.2) is 41.6 Å². The Bertz CT molecular complexity index is 281. The smallest absolute Gasteiger partial charge is 0.129 e. The Balaban J connectivity index is 2.11. The van der Waals surface area contributed by atoms with Crippen molar-refractivity contribution in [3.8, 4) is 0 Å². The fourth-order valence-corrected chi connectivity index (χ4v) is 1.37. The van der Waals surface area contributed by atoms with Gasteiger partial charge in [-0.25, -0.2) is 4.99 Å². The largest absolute Gasteiger partial charge is 0.343 e. The van der Waals surface area contributed by atoms with Crippen LogP contribution in [-0.4, -0.2) is 30.5 Å². The summed E-state index contributed by atoms with van der Waals surface area (Å²) in [6.45, 7) is 2.99. The Morgan fingerprint density at radius 2 is 2.15 bits per heavy atom. The van der Waals surface area contributed by atoms with Crippen molar-refractivity contribution < 1.29 is 0 Å². The van der Waals surface area contributed by atoms with Gasteiger partial charge in [0.15, 0.2) is 0 Å². The second-order valence-electron chi connectivity index (χ2n) is 2.99. The molecule has 0 unspecified atom stereocenters. The van der Waals surface area contributed by atoms with Gasteiger partial charge in [0, 0.05) is 19.3 Å². The molecule has 1 saturated heterocycles. The van der Waals surface area contributed by atoms with E-state index in [4.69, 9.17) is 0 Å². The summed E-state index contributed by atoms with van der Waals surface area (Å²) < 4.78 is 0. The van der Waals surface area contributed by atoms with E-state index in [-0.39, 0.29) is 0 Å². The van der Waals surface area contributed by atoms with E-state index in [1.807, 2.05) is 36.6 Å². The summed E-state index contributed by atoms with van der Waals surface area (Å²) in [6.07, 6.45) is 11.8. The van der Waals surface area contributed by atoms with Crippen LogP contribution in [0.4, 0.5) is 0 Å². The molecule has 0 aliphatic carbocycles. The number of rotatable bonds is 0. The molecule has 0 aromatic rings. The number of aliphatic imine (C=N–C) groups is 1. The Hall–Kier alpha value is -1.35. The molecule has 2 heterocycles. The zero-order valence-corrected chi connectivity index (χ0v) is 7.48. The lowest BCUT2D eigenvalue weighted by molar-refractivity contribution is 0.514. The maximum atomic E-state index is 4.35. The SMILES string of the molecule is C1=CC=CC(N2CCNC2)=NC=C1.